The maximum Gasteiger partial charge on any atom is 0.322 e. The maximum atomic E-state index is 14.7. The van der Waals surface area contributed by atoms with E-state index in [-0.39, 0.29) is 34.9 Å². The van der Waals surface area contributed by atoms with Gasteiger partial charge in [-0.2, -0.15) is 4.98 Å². The minimum Gasteiger partial charge on any atom is -0.493 e. The fraction of sp³-hybridized carbons (Fsp3) is 0.560. The van der Waals surface area contributed by atoms with Crippen LogP contribution in [0.2, 0.25) is 0 Å². The highest BCUT2D eigenvalue weighted by molar-refractivity contribution is 5.75. The Labute approximate surface area is 206 Å². The molecule has 1 fully saturated rings. The molecule has 0 spiro atoms. The molecule has 1 aliphatic rings. The van der Waals surface area contributed by atoms with E-state index < -0.39 is 11.9 Å². The quantitative estimate of drug-likeness (QED) is 0.524. The second-order valence-electron chi connectivity index (χ2n) is 10.0. The molecule has 0 saturated carbocycles. The van der Waals surface area contributed by atoms with Gasteiger partial charge in [0, 0.05) is 28.9 Å². The Bertz CT molecular complexity index is 1040. The highest BCUT2D eigenvalue weighted by atomic mass is 19.1. The van der Waals surface area contributed by atoms with Crippen LogP contribution in [0, 0.1) is 5.82 Å². The van der Waals surface area contributed by atoms with Crippen molar-refractivity contribution in [3.8, 4) is 11.5 Å². The molecule has 2 N–H and O–H groups in total. The number of anilines is 3. The largest absolute Gasteiger partial charge is 0.493 e. The van der Waals surface area contributed by atoms with E-state index in [1.54, 1.807) is 32.4 Å². The molecular weight excluding hydrogens is 453 g/mol. The third-order valence-corrected chi connectivity index (χ3v) is 6.45. The van der Waals surface area contributed by atoms with Gasteiger partial charge in [-0.15, -0.1) is 0 Å². The van der Waals surface area contributed by atoms with Crippen molar-refractivity contribution in [2.45, 2.75) is 70.6 Å². The van der Waals surface area contributed by atoms with Gasteiger partial charge in [-0.1, -0.05) is 0 Å². The number of ether oxygens (including phenoxy) is 3. The van der Waals surface area contributed by atoms with Gasteiger partial charge in [0.15, 0.2) is 23.1 Å². The van der Waals surface area contributed by atoms with Crippen LogP contribution >= 0.6 is 0 Å². The molecule has 0 amide bonds. The number of piperidine rings is 1. The van der Waals surface area contributed by atoms with Gasteiger partial charge in [-0.05, 0) is 59.6 Å². The summed E-state index contributed by atoms with van der Waals surface area (Å²) in [5.74, 6) is 0.702. The number of hydrogen-bond acceptors (Lipinski definition) is 9. The lowest BCUT2D eigenvalue weighted by molar-refractivity contribution is -0.156. The second kappa shape index (κ2) is 10.2. The number of halogens is 1. The zero-order valence-electron chi connectivity index (χ0n) is 21.7. The second-order valence-corrected chi connectivity index (χ2v) is 10.0. The maximum absolute atomic E-state index is 14.7. The standard InChI is InChI=1S/C25H36FN5O4/c1-15(22(32)35-8)31-24(2,3)12-17(13-25(31,4)5)28-21-18(26)14-27-23(30-21)29-16-9-10-19(33-6)20(11-16)34-7/h9-11,14-15,17H,12-13H2,1-8H3,(H2,27,28,29,30). The molecule has 1 unspecified atom stereocenters. The topological polar surface area (TPSA) is 97.8 Å². The number of hydrogen-bond donors (Lipinski definition) is 2. The molecule has 3 rings (SSSR count). The number of aromatic nitrogens is 2. The number of nitrogens with zero attached hydrogens (tertiary/aromatic N) is 3. The van der Waals surface area contributed by atoms with Crippen LogP contribution < -0.4 is 20.1 Å². The van der Waals surface area contributed by atoms with Gasteiger partial charge < -0.3 is 24.8 Å². The molecule has 35 heavy (non-hydrogen) atoms. The highest BCUT2D eigenvalue weighted by Gasteiger charge is 2.49. The fourth-order valence-electron chi connectivity index (χ4n) is 5.49. The van der Waals surface area contributed by atoms with Crippen LogP contribution in [-0.4, -0.2) is 65.3 Å². The molecule has 2 heterocycles. The third kappa shape index (κ3) is 5.75. The summed E-state index contributed by atoms with van der Waals surface area (Å²) in [5, 5.41) is 6.36. The monoisotopic (exact) mass is 489 g/mol. The average molecular weight is 490 g/mol. The van der Waals surface area contributed by atoms with E-state index in [0.717, 1.165) is 6.20 Å². The van der Waals surface area contributed by atoms with E-state index in [1.165, 1.54) is 7.11 Å². The summed E-state index contributed by atoms with van der Waals surface area (Å²) >= 11 is 0. The zero-order chi connectivity index (χ0) is 26.0. The Morgan fingerprint density at radius 3 is 2.31 bits per heavy atom. The SMILES string of the molecule is COC(=O)C(C)N1C(C)(C)CC(Nc2nc(Nc3ccc(OC)c(OC)c3)ncc2F)CC1(C)C. The van der Waals surface area contributed by atoms with Gasteiger partial charge in [0.2, 0.25) is 5.95 Å². The summed E-state index contributed by atoms with van der Waals surface area (Å²) in [5.41, 5.74) is -0.0262. The number of carbonyl (C=O) groups excluding carboxylic acids is 1. The minimum absolute atomic E-state index is 0.0700. The van der Waals surface area contributed by atoms with Gasteiger partial charge in [0.1, 0.15) is 6.04 Å². The lowest BCUT2D eigenvalue weighted by Crippen LogP contribution is -2.67. The minimum atomic E-state index is -0.538. The van der Waals surface area contributed by atoms with Crippen molar-refractivity contribution >= 4 is 23.4 Å². The molecule has 1 aliphatic heterocycles. The van der Waals surface area contributed by atoms with Crippen LogP contribution in [0.4, 0.5) is 21.8 Å². The Morgan fingerprint density at radius 2 is 1.74 bits per heavy atom. The Balaban J connectivity index is 1.80. The molecule has 0 radical (unpaired) electrons. The van der Waals surface area contributed by atoms with Crippen molar-refractivity contribution in [1.82, 2.24) is 14.9 Å². The molecule has 1 aromatic carbocycles. The molecule has 192 valence electrons. The molecule has 1 saturated heterocycles. The predicted octanol–water partition coefficient (Wildman–Crippen LogP) is 4.37. The average Bonchev–Trinajstić information content (AvgIpc) is 2.78. The first-order chi connectivity index (χ1) is 16.4. The summed E-state index contributed by atoms with van der Waals surface area (Å²) in [6, 6.07) is 4.84. The molecular formula is C25H36FN5O4. The Kier molecular flexibility index (Phi) is 7.74. The number of esters is 1. The van der Waals surface area contributed by atoms with E-state index in [2.05, 4.69) is 53.2 Å². The molecule has 0 bridgehead atoms. The first-order valence-electron chi connectivity index (χ1n) is 11.6. The van der Waals surface area contributed by atoms with E-state index in [4.69, 9.17) is 14.2 Å². The summed E-state index contributed by atoms with van der Waals surface area (Å²) in [6.45, 7) is 10.2. The van der Waals surface area contributed by atoms with Crippen molar-refractivity contribution < 1.29 is 23.4 Å². The van der Waals surface area contributed by atoms with Crippen LogP contribution in [-0.2, 0) is 9.53 Å². The van der Waals surface area contributed by atoms with Crippen molar-refractivity contribution in [2.24, 2.45) is 0 Å². The third-order valence-electron chi connectivity index (χ3n) is 6.45. The number of carbonyl (C=O) groups is 1. The molecule has 1 aromatic heterocycles. The Hall–Kier alpha value is -3.14. The fourth-order valence-corrected chi connectivity index (χ4v) is 5.49. The number of likely N-dealkylation sites (tertiary alicyclic amines) is 1. The highest BCUT2D eigenvalue weighted by Crippen LogP contribution is 2.41. The van der Waals surface area contributed by atoms with Crippen LogP contribution in [0.15, 0.2) is 24.4 Å². The van der Waals surface area contributed by atoms with Crippen LogP contribution in [0.25, 0.3) is 0 Å². The summed E-state index contributed by atoms with van der Waals surface area (Å²) < 4.78 is 30.3. The lowest BCUT2D eigenvalue weighted by Gasteiger charge is -2.57. The number of rotatable bonds is 8. The van der Waals surface area contributed by atoms with Gasteiger partial charge in [-0.3, -0.25) is 9.69 Å². The number of benzene rings is 1. The first kappa shape index (κ1) is 26.5. The lowest BCUT2D eigenvalue weighted by atomic mass is 9.75. The molecule has 0 aliphatic carbocycles. The van der Waals surface area contributed by atoms with E-state index in [0.29, 0.717) is 30.0 Å². The molecule has 9 nitrogen and oxygen atoms in total. The summed E-state index contributed by atoms with van der Waals surface area (Å²) in [4.78, 5) is 22.9. The molecule has 1 atom stereocenters. The normalized spacial score (nSPS) is 18.4. The molecule has 10 heteroatoms. The van der Waals surface area contributed by atoms with E-state index in [9.17, 15) is 9.18 Å². The van der Waals surface area contributed by atoms with Gasteiger partial charge in [0.25, 0.3) is 0 Å². The van der Waals surface area contributed by atoms with E-state index in [1.807, 2.05) is 6.92 Å². The number of nitrogens with one attached hydrogen (secondary N) is 2. The predicted molar refractivity (Wildman–Crippen MR) is 133 cm³/mol. The summed E-state index contributed by atoms with van der Waals surface area (Å²) in [6.07, 6.45) is 2.50. The van der Waals surface area contributed by atoms with Gasteiger partial charge >= 0.3 is 5.97 Å². The Morgan fingerprint density at radius 1 is 1.11 bits per heavy atom. The van der Waals surface area contributed by atoms with Crippen LogP contribution in [0.3, 0.4) is 0 Å². The van der Waals surface area contributed by atoms with E-state index >= 15 is 0 Å². The van der Waals surface area contributed by atoms with Crippen LogP contribution in [0.5, 0.6) is 11.5 Å². The first-order valence-corrected chi connectivity index (χ1v) is 11.6. The van der Waals surface area contributed by atoms with Crippen molar-refractivity contribution in [3.63, 3.8) is 0 Å². The van der Waals surface area contributed by atoms with Crippen molar-refractivity contribution in [2.75, 3.05) is 32.0 Å². The van der Waals surface area contributed by atoms with Gasteiger partial charge in [0.05, 0.1) is 27.5 Å². The van der Waals surface area contributed by atoms with Gasteiger partial charge in [-0.25, -0.2) is 9.37 Å². The van der Waals surface area contributed by atoms with Crippen LogP contribution in [0.1, 0.15) is 47.5 Å². The summed E-state index contributed by atoms with van der Waals surface area (Å²) in [7, 11) is 4.52. The zero-order valence-corrected chi connectivity index (χ0v) is 21.7. The number of methoxy groups -OCH3 is 3. The van der Waals surface area contributed by atoms with Crippen molar-refractivity contribution in [3.05, 3.63) is 30.2 Å². The smallest absolute Gasteiger partial charge is 0.322 e. The van der Waals surface area contributed by atoms with Crippen molar-refractivity contribution in [1.29, 1.82) is 0 Å². The molecule has 2 aromatic rings.